The third-order valence-electron chi connectivity index (χ3n) is 5.82. The number of hydrogen-bond donors (Lipinski definition) is 1. The minimum atomic E-state index is -0.783. The molecule has 1 heterocycles. The number of carbonyl (C=O) groups excluding carboxylic acids is 2. The fraction of sp³-hybridized carbons (Fsp3) is 0.407. The van der Waals surface area contributed by atoms with Gasteiger partial charge in [-0.1, -0.05) is 43.5 Å². The number of benzene rings is 2. The number of hydrogen-bond acceptors (Lipinski definition) is 6. The second-order valence-corrected chi connectivity index (χ2v) is 9.03. The Morgan fingerprint density at radius 2 is 1.80 bits per heavy atom. The first-order valence-electron chi connectivity index (χ1n) is 11.7. The van der Waals surface area contributed by atoms with Crippen LogP contribution in [-0.4, -0.2) is 48.6 Å². The van der Waals surface area contributed by atoms with E-state index < -0.39 is 17.7 Å². The molecule has 3 rings (SSSR count). The summed E-state index contributed by atoms with van der Waals surface area (Å²) in [5, 5.41) is 11.7. The van der Waals surface area contributed by atoms with Gasteiger partial charge in [-0.25, -0.2) is 0 Å². The normalized spacial score (nSPS) is 17.2. The molecule has 0 aromatic heterocycles. The SMILES string of the molecule is CCCCCN1C(=O)C(=O)/C(=C(/O)c2cc(OC)c(Cl)cc2OC)C1c1cccc(OC(C)C)c1. The fourth-order valence-electron chi connectivity index (χ4n) is 4.21. The Kier molecular flexibility index (Phi) is 8.67. The molecule has 1 unspecified atom stereocenters. The number of nitrogens with zero attached hydrogens (tertiary/aromatic N) is 1. The Morgan fingerprint density at radius 3 is 2.43 bits per heavy atom. The summed E-state index contributed by atoms with van der Waals surface area (Å²) in [4.78, 5) is 28.0. The number of unbranched alkanes of at least 4 members (excludes halogenated alkanes) is 2. The van der Waals surface area contributed by atoms with Gasteiger partial charge < -0.3 is 24.2 Å². The summed E-state index contributed by atoms with van der Waals surface area (Å²) in [5.41, 5.74) is 0.857. The van der Waals surface area contributed by atoms with E-state index in [1.165, 1.54) is 31.3 Å². The van der Waals surface area contributed by atoms with Gasteiger partial charge in [0, 0.05) is 12.6 Å². The lowest BCUT2D eigenvalue weighted by molar-refractivity contribution is -0.139. The summed E-state index contributed by atoms with van der Waals surface area (Å²) in [7, 11) is 2.88. The molecule has 1 aliphatic rings. The summed E-state index contributed by atoms with van der Waals surface area (Å²) in [6.07, 6.45) is 2.56. The van der Waals surface area contributed by atoms with Gasteiger partial charge in [0.25, 0.3) is 11.7 Å². The molecular weight excluding hydrogens is 470 g/mol. The lowest BCUT2D eigenvalue weighted by Gasteiger charge is -2.26. The molecule has 1 saturated heterocycles. The van der Waals surface area contributed by atoms with E-state index in [1.807, 2.05) is 32.0 Å². The Balaban J connectivity index is 2.22. The van der Waals surface area contributed by atoms with Gasteiger partial charge in [0.05, 0.1) is 42.5 Å². The number of aliphatic hydroxyl groups is 1. The number of likely N-dealkylation sites (tertiary alicyclic amines) is 1. The number of Topliss-reactive ketones (excluding diaryl/α,β-unsaturated/α-hetero) is 1. The minimum Gasteiger partial charge on any atom is -0.507 e. The summed E-state index contributed by atoms with van der Waals surface area (Å²) in [6, 6.07) is 9.47. The van der Waals surface area contributed by atoms with Crippen molar-refractivity contribution in [1.82, 2.24) is 4.90 Å². The number of ketones is 1. The fourth-order valence-corrected chi connectivity index (χ4v) is 4.44. The molecule has 1 aliphatic heterocycles. The van der Waals surface area contributed by atoms with Crippen LogP contribution >= 0.6 is 11.6 Å². The van der Waals surface area contributed by atoms with Crippen LogP contribution in [0.25, 0.3) is 5.76 Å². The van der Waals surface area contributed by atoms with E-state index in [2.05, 4.69) is 6.92 Å². The molecule has 2 aromatic rings. The second-order valence-electron chi connectivity index (χ2n) is 8.63. The highest BCUT2D eigenvalue weighted by Crippen LogP contribution is 2.43. The zero-order valence-corrected chi connectivity index (χ0v) is 21.5. The van der Waals surface area contributed by atoms with Crippen LogP contribution in [0, 0.1) is 0 Å². The van der Waals surface area contributed by atoms with Crippen molar-refractivity contribution in [2.45, 2.75) is 52.2 Å². The quantitative estimate of drug-likeness (QED) is 0.193. The van der Waals surface area contributed by atoms with Crippen molar-refractivity contribution in [1.29, 1.82) is 0 Å². The highest BCUT2D eigenvalue weighted by molar-refractivity contribution is 6.46. The first-order chi connectivity index (χ1) is 16.7. The third kappa shape index (κ3) is 5.56. The van der Waals surface area contributed by atoms with Crippen molar-refractivity contribution in [3.63, 3.8) is 0 Å². The average Bonchev–Trinajstić information content (AvgIpc) is 3.08. The molecule has 0 radical (unpaired) electrons. The van der Waals surface area contributed by atoms with Crippen LogP contribution in [0.3, 0.4) is 0 Å². The van der Waals surface area contributed by atoms with E-state index in [0.29, 0.717) is 23.6 Å². The van der Waals surface area contributed by atoms with Crippen molar-refractivity contribution < 1.29 is 28.9 Å². The molecule has 1 N–H and O–H groups in total. The standard InChI is InChI=1S/C27H32ClNO6/c1-6-7-8-12-29-24(17-10-9-11-18(13-17)35-16(2)3)23(26(31)27(29)32)25(30)19-14-22(34-5)20(28)15-21(19)33-4/h9-11,13-16,24,30H,6-8,12H2,1-5H3/b25-23+. The zero-order chi connectivity index (χ0) is 25.7. The Bertz CT molecular complexity index is 1130. The summed E-state index contributed by atoms with van der Waals surface area (Å²) < 4.78 is 16.6. The Morgan fingerprint density at radius 1 is 1.09 bits per heavy atom. The molecule has 188 valence electrons. The largest absolute Gasteiger partial charge is 0.507 e. The molecule has 0 bridgehead atoms. The first-order valence-corrected chi connectivity index (χ1v) is 12.1. The van der Waals surface area contributed by atoms with E-state index in [0.717, 1.165) is 19.3 Å². The summed E-state index contributed by atoms with van der Waals surface area (Å²) in [5.74, 6) is -0.593. The summed E-state index contributed by atoms with van der Waals surface area (Å²) in [6.45, 7) is 6.29. The maximum atomic E-state index is 13.3. The molecule has 8 heteroatoms. The number of carbonyl (C=O) groups is 2. The second kappa shape index (κ2) is 11.5. The van der Waals surface area contributed by atoms with Crippen LogP contribution in [0.4, 0.5) is 0 Å². The highest BCUT2D eigenvalue weighted by Gasteiger charge is 2.46. The van der Waals surface area contributed by atoms with Gasteiger partial charge in [0.1, 0.15) is 23.0 Å². The molecule has 1 fully saturated rings. The maximum Gasteiger partial charge on any atom is 0.295 e. The van der Waals surface area contributed by atoms with Gasteiger partial charge in [-0.05, 0) is 44.0 Å². The van der Waals surface area contributed by atoms with Crippen LogP contribution < -0.4 is 14.2 Å². The van der Waals surface area contributed by atoms with Crippen LogP contribution in [0.15, 0.2) is 42.0 Å². The highest BCUT2D eigenvalue weighted by atomic mass is 35.5. The number of halogens is 1. The van der Waals surface area contributed by atoms with Gasteiger partial charge in [-0.2, -0.15) is 0 Å². The number of rotatable bonds is 10. The Labute approximate surface area is 211 Å². The van der Waals surface area contributed by atoms with E-state index in [-0.39, 0.29) is 33.8 Å². The van der Waals surface area contributed by atoms with E-state index in [9.17, 15) is 14.7 Å². The lowest BCUT2D eigenvalue weighted by atomic mass is 9.94. The van der Waals surface area contributed by atoms with E-state index >= 15 is 0 Å². The van der Waals surface area contributed by atoms with E-state index in [4.69, 9.17) is 25.8 Å². The van der Waals surface area contributed by atoms with Crippen molar-refractivity contribution >= 4 is 29.1 Å². The van der Waals surface area contributed by atoms with Gasteiger partial charge in [0.2, 0.25) is 0 Å². The minimum absolute atomic E-state index is 0.0177. The third-order valence-corrected chi connectivity index (χ3v) is 6.11. The van der Waals surface area contributed by atoms with Crippen LogP contribution in [0.2, 0.25) is 5.02 Å². The number of aliphatic hydroxyl groups excluding tert-OH is 1. The van der Waals surface area contributed by atoms with Gasteiger partial charge in [-0.3, -0.25) is 9.59 Å². The topological polar surface area (TPSA) is 85.3 Å². The number of ether oxygens (including phenoxy) is 3. The Hall–Kier alpha value is -3.19. The first kappa shape index (κ1) is 26.4. The van der Waals surface area contributed by atoms with Crippen LogP contribution in [0.1, 0.15) is 57.2 Å². The summed E-state index contributed by atoms with van der Waals surface area (Å²) >= 11 is 6.23. The predicted molar refractivity (Wildman–Crippen MR) is 135 cm³/mol. The molecular formula is C27H32ClNO6. The van der Waals surface area contributed by atoms with Crippen molar-refractivity contribution in [2.24, 2.45) is 0 Å². The van der Waals surface area contributed by atoms with Gasteiger partial charge >= 0.3 is 0 Å². The number of amides is 1. The van der Waals surface area contributed by atoms with Crippen LogP contribution in [-0.2, 0) is 9.59 Å². The molecule has 0 aliphatic carbocycles. The van der Waals surface area contributed by atoms with Gasteiger partial charge in [-0.15, -0.1) is 0 Å². The lowest BCUT2D eigenvalue weighted by Crippen LogP contribution is -2.30. The monoisotopic (exact) mass is 501 g/mol. The molecule has 1 amide bonds. The van der Waals surface area contributed by atoms with Crippen molar-refractivity contribution in [2.75, 3.05) is 20.8 Å². The van der Waals surface area contributed by atoms with Crippen molar-refractivity contribution in [3.05, 3.63) is 58.1 Å². The number of methoxy groups -OCH3 is 2. The molecule has 0 saturated carbocycles. The molecule has 0 spiro atoms. The molecule has 2 aromatic carbocycles. The smallest absolute Gasteiger partial charge is 0.295 e. The molecule has 7 nitrogen and oxygen atoms in total. The maximum absolute atomic E-state index is 13.3. The van der Waals surface area contributed by atoms with Gasteiger partial charge in [0.15, 0.2) is 0 Å². The average molecular weight is 502 g/mol. The molecule has 35 heavy (non-hydrogen) atoms. The predicted octanol–water partition coefficient (Wildman–Crippen LogP) is 5.76. The van der Waals surface area contributed by atoms with E-state index in [1.54, 1.807) is 6.07 Å². The van der Waals surface area contributed by atoms with Crippen molar-refractivity contribution in [3.8, 4) is 17.2 Å². The van der Waals surface area contributed by atoms with Crippen LogP contribution in [0.5, 0.6) is 17.2 Å². The zero-order valence-electron chi connectivity index (χ0n) is 20.8. The molecule has 1 atom stereocenters.